The van der Waals surface area contributed by atoms with Crippen LogP contribution in [0.25, 0.3) is 0 Å². The fourth-order valence-electron chi connectivity index (χ4n) is 4.38. The Morgan fingerprint density at radius 2 is 2.00 bits per heavy atom. The summed E-state index contributed by atoms with van der Waals surface area (Å²) < 4.78 is 45.1. The number of amides is 4. The Kier molecular flexibility index (Phi) is 4.41. The number of carbonyl (C=O) groups is 3. The number of anilines is 1. The van der Waals surface area contributed by atoms with Crippen molar-refractivity contribution in [3.05, 3.63) is 29.3 Å². The monoisotopic (exact) mass is 422 g/mol. The van der Waals surface area contributed by atoms with Crippen LogP contribution in [0.4, 0.5) is 28.4 Å². The van der Waals surface area contributed by atoms with Crippen LogP contribution in [0.1, 0.15) is 31.4 Å². The number of hydrogen-bond acceptors (Lipinski definition) is 5. The number of ether oxygens (including phenoxy) is 1. The second-order valence-electron chi connectivity index (χ2n) is 7.69. The third kappa shape index (κ3) is 2.86. The predicted molar refractivity (Wildman–Crippen MR) is 95.2 cm³/mol. The number of halogens is 3. The molecule has 3 aliphatic rings. The number of piperazine rings is 1. The van der Waals surface area contributed by atoms with E-state index in [1.165, 1.54) is 15.9 Å². The average Bonchev–Trinajstić information content (AvgIpc) is 3.31. The summed E-state index contributed by atoms with van der Waals surface area (Å²) in [5.41, 5.74) is -2.09. The quantitative estimate of drug-likeness (QED) is 0.684. The molecule has 4 rings (SSSR count). The number of benzene rings is 1. The van der Waals surface area contributed by atoms with Crippen molar-refractivity contribution in [1.82, 2.24) is 9.80 Å². The zero-order valence-corrected chi connectivity index (χ0v) is 16.0. The fourth-order valence-corrected chi connectivity index (χ4v) is 4.38. The maximum atomic E-state index is 13.3. The number of nitriles is 1. The zero-order valence-electron chi connectivity index (χ0n) is 16.0. The van der Waals surface area contributed by atoms with Crippen molar-refractivity contribution in [2.24, 2.45) is 0 Å². The first-order valence-corrected chi connectivity index (χ1v) is 9.29. The summed E-state index contributed by atoms with van der Waals surface area (Å²) in [6, 6.07) is 1.45. The van der Waals surface area contributed by atoms with Crippen molar-refractivity contribution in [3.8, 4) is 6.07 Å². The van der Waals surface area contributed by atoms with Gasteiger partial charge in [-0.2, -0.15) is 18.4 Å². The van der Waals surface area contributed by atoms with Gasteiger partial charge in [0.05, 0.1) is 41.1 Å². The van der Waals surface area contributed by atoms with Crippen molar-refractivity contribution >= 4 is 23.7 Å². The van der Waals surface area contributed by atoms with Crippen molar-refractivity contribution in [2.75, 3.05) is 11.4 Å². The van der Waals surface area contributed by atoms with Crippen LogP contribution in [0.15, 0.2) is 18.2 Å². The van der Waals surface area contributed by atoms with Crippen LogP contribution in [-0.4, -0.2) is 58.6 Å². The van der Waals surface area contributed by atoms with Crippen LogP contribution in [-0.2, 0) is 15.7 Å². The Hall–Kier alpha value is -3.29. The van der Waals surface area contributed by atoms with Gasteiger partial charge in [0.1, 0.15) is 6.04 Å². The molecule has 0 spiro atoms. The standard InChI is InChI=1S/C19H17F3N4O4/c1-9(2)30-18(29)24-8-12-6-14(24)15-16(27)26(17(28)25(12)15)11-4-3-10(7-23)13(5-11)19(20,21)22/h3-5,9,12,14-15H,6,8H2,1-2H3/t12-,14?,15-/m1/s1. The highest BCUT2D eigenvalue weighted by Gasteiger charge is 2.63. The minimum absolute atomic E-state index is 0.195. The predicted octanol–water partition coefficient (Wildman–Crippen LogP) is 2.72. The molecule has 1 aromatic rings. The zero-order chi connectivity index (χ0) is 22.0. The first-order chi connectivity index (χ1) is 14.0. The number of nitrogens with zero attached hydrogens (tertiary/aromatic N) is 4. The van der Waals surface area contributed by atoms with Crippen LogP contribution in [0, 0.1) is 11.3 Å². The van der Waals surface area contributed by atoms with Crippen molar-refractivity contribution in [3.63, 3.8) is 0 Å². The van der Waals surface area contributed by atoms with E-state index in [-0.39, 0.29) is 18.3 Å². The van der Waals surface area contributed by atoms with E-state index >= 15 is 0 Å². The number of imide groups is 1. The van der Waals surface area contributed by atoms with Gasteiger partial charge in [-0.05, 0) is 38.5 Å². The minimum atomic E-state index is -4.82. The van der Waals surface area contributed by atoms with E-state index in [0.29, 0.717) is 17.4 Å². The lowest BCUT2D eigenvalue weighted by atomic mass is 10.1. The molecule has 0 aromatic heterocycles. The van der Waals surface area contributed by atoms with E-state index in [4.69, 9.17) is 10.00 Å². The van der Waals surface area contributed by atoms with Crippen molar-refractivity contribution < 1.29 is 32.3 Å². The molecule has 0 saturated carbocycles. The second kappa shape index (κ2) is 6.62. The average molecular weight is 422 g/mol. The number of rotatable bonds is 2. The lowest BCUT2D eigenvalue weighted by Crippen LogP contribution is -2.55. The molecule has 11 heteroatoms. The topological polar surface area (TPSA) is 94.0 Å². The molecule has 1 aromatic carbocycles. The highest BCUT2D eigenvalue weighted by Crippen LogP contribution is 2.43. The summed E-state index contributed by atoms with van der Waals surface area (Å²) in [6.45, 7) is 3.57. The Labute approximate surface area is 169 Å². The molecule has 8 nitrogen and oxygen atoms in total. The lowest BCUT2D eigenvalue weighted by Gasteiger charge is -2.34. The van der Waals surface area contributed by atoms with Gasteiger partial charge in [0, 0.05) is 6.54 Å². The number of fused-ring (bicyclic) bond motifs is 5. The maximum Gasteiger partial charge on any atom is 0.417 e. The normalized spacial score (nSPS) is 25.2. The number of hydrogen-bond donors (Lipinski definition) is 0. The van der Waals surface area contributed by atoms with Crippen molar-refractivity contribution in [1.29, 1.82) is 5.26 Å². The number of urea groups is 1. The molecule has 158 valence electrons. The molecule has 30 heavy (non-hydrogen) atoms. The van der Waals surface area contributed by atoms with Crippen molar-refractivity contribution in [2.45, 2.75) is 50.7 Å². The van der Waals surface area contributed by atoms with Gasteiger partial charge in [-0.1, -0.05) is 0 Å². The maximum absolute atomic E-state index is 13.3. The highest BCUT2D eigenvalue weighted by molar-refractivity contribution is 6.22. The molecule has 4 amide bonds. The molecule has 3 saturated heterocycles. The molecule has 3 atom stereocenters. The van der Waals surface area contributed by atoms with E-state index in [1.807, 2.05) is 0 Å². The largest absolute Gasteiger partial charge is 0.447 e. The molecule has 3 aliphatic heterocycles. The van der Waals surface area contributed by atoms with Crippen LogP contribution in [0.3, 0.4) is 0 Å². The van der Waals surface area contributed by atoms with E-state index in [2.05, 4.69) is 0 Å². The summed E-state index contributed by atoms with van der Waals surface area (Å²) in [6.07, 6.45) is -5.36. The second-order valence-corrected chi connectivity index (χ2v) is 7.69. The van der Waals surface area contributed by atoms with Crippen LogP contribution >= 0.6 is 0 Å². The number of likely N-dealkylation sites (tertiary alicyclic amines) is 1. The molecule has 0 N–H and O–H groups in total. The number of carbonyl (C=O) groups excluding carboxylic acids is 3. The molecule has 1 unspecified atom stereocenters. The lowest BCUT2D eigenvalue weighted by molar-refractivity contribution is -0.137. The van der Waals surface area contributed by atoms with E-state index in [0.717, 1.165) is 12.1 Å². The Balaban J connectivity index is 1.66. The molecule has 3 fully saturated rings. The van der Waals surface area contributed by atoms with Gasteiger partial charge in [-0.3, -0.25) is 4.79 Å². The summed E-state index contributed by atoms with van der Waals surface area (Å²) in [5, 5.41) is 8.94. The molecule has 0 aliphatic carbocycles. The molecule has 2 bridgehead atoms. The van der Waals surface area contributed by atoms with Gasteiger partial charge in [0.25, 0.3) is 5.91 Å². The van der Waals surface area contributed by atoms with Gasteiger partial charge in [-0.15, -0.1) is 0 Å². The van der Waals surface area contributed by atoms with Crippen LogP contribution in [0.5, 0.6) is 0 Å². The number of alkyl halides is 3. The Morgan fingerprint density at radius 1 is 1.30 bits per heavy atom. The fraction of sp³-hybridized carbons (Fsp3) is 0.474. The first kappa shape index (κ1) is 20.0. The van der Waals surface area contributed by atoms with E-state index in [1.54, 1.807) is 13.8 Å². The minimum Gasteiger partial charge on any atom is -0.447 e. The summed E-state index contributed by atoms with van der Waals surface area (Å²) >= 11 is 0. The van der Waals surface area contributed by atoms with Crippen LogP contribution in [0.2, 0.25) is 0 Å². The third-order valence-electron chi connectivity index (χ3n) is 5.52. The van der Waals surface area contributed by atoms with E-state index in [9.17, 15) is 27.6 Å². The van der Waals surface area contributed by atoms with Gasteiger partial charge in [-0.25, -0.2) is 14.5 Å². The molecular weight excluding hydrogens is 405 g/mol. The first-order valence-electron chi connectivity index (χ1n) is 9.29. The summed E-state index contributed by atoms with van der Waals surface area (Å²) in [4.78, 5) is 41.7. The highest BCUT2D eigenvalue weighted by atomic mass is 19.4. The summed E-state index contributed by atoms with van der Waals surface area (Å²) in [5.74, 6) is -0.702. The summed E-state index contributed by atoms with van der Waals surface area (Å²) in [7, 11) is 0. The Morgan fingerprint density at radius 3 is 2.60 bits per heavy atom. The Bertz CT molecular complexity index is 987. The molecular formula is C19H17F3N4O4. The van der Waals surface area contributed by atoms with Gasteiger partial charge >= 0.3 is 18.3 Å². The van der Waals surface area contributed by atoms with Gasteiger partial charge in [0.2, 0.25) is 0 Å². The smallest absolute Gasteiger partial charge is 0.417 e. The molecule has 3 heterocycles. The van der Waals surface area contributed by atoms with Gasteiger partial charge in [0.15, 0.2) is 0 Å². The third-order valence-corrected chi connectivity index (χ3v) is 5.52. The van der Waals surface area contributed by atoms with Crippen LogP contribution < -0.4 is 4.90 Å². The van der Waals surface area contributed by atoms with E-state index < -0.39 is 53.5 Å². The molecule has 0 radical (unpaired) electrons. The SMILES string of the molecule is CC(C)OC(=O)N1C[C@H]2CC1[C@@H]1C(=O)N(c3ccc(C#N)c(C(F)(F)F)c3)C(=O)N21. The van der Waals surface area contributed by atoms with Gasteiger partial charge < -0.3 is 14.5 Å².